The topological polar surface area (TPSA) is 49.3 Å². The van der Waals surface area contributed by atoms with Gasteiger partial charge < -0.3 is 10.4 Å². The Morgan fingerprint density at radius 3 is 2.10 bits per heavy atom. The fraction of sp³-hybridized carbons (Fsp3) is 0.235. The van der Waals surface area contributed by atoms with E-state index in [0.29, 0.717) is 11.5 Å². The molecule has 0 aliphatic heterocycles. The standard InChI is InChI=1S/C17H19NO2/c1-12(2)16(13-6-4-3-5-7-13)18-15-10-8-14(9-11-15)17(19)20/h3-12,16,18H,1-2H3,(H,19,20). The number of carboxylic acid groups (broad SMARTS) is 1. The monoisotopic (exact) mass is 269 g/mol. The molecule has 0 amide bonds. The van der Waals surface area contributed by atoms with Crippen LogP contribution in [0.4, 0.5) is 5.69 Å². The molecule has 0 aliphatic rings. The lowest BCUT2D eigenvalue weighted by Crippen LogP contribution is -2.16. The van der Waals surface area contributed by atoms with Crippen LogP contribution in [0.25, 0.3) is 0 Å². The lowest BCUT2D eigenvalue weighted by molar-refractivity contribution is 0.0697. The molecule has 0 aliphatic carbocycles. The Morgan fingerprint density at radius 2 is 1.60 bits per heavy atom. The molecule has 0 spiro atoms. The summed E-state index contributed by atoms with van der Waals surface area (Å²) in [5.41, 5.74) is 2.46. The number of hydrogen-bond acceptors (Lipinski definition) is 2. The molecule has 0 fully saturated rings. The third-order valence-electron chi connectivity index (χ3n) is 3.28. The highest BCUT2D eigenvalue weighted by atomic mass is 16.4. The van der Waals surface area contributed by atoms with Gasteiger partial charge in [0.2, 0.25) is 0 Å². The van der Waals surface area contributed by atoms with Crippen molar-refractivity contribution in [2.75, 3.05) is 5.32 Å². The van der Waals surface area contributed by atoms with Gasteiger partial charge in [-0.15, -0.1) is 0 Å². The minimum atomic E-state index is -0.903. The summed E-state index contributed by atoms with van der Waals surface area (Å²) in [6, 6.07) is 17.3. The molecule has 1 unspecified atom stereocenters. The van der Waals surface area contributed by atoms with Crippen LogP contribution in [0.1, 0.15) is 35.8 Å². The quantitative estimate of drug-likeness (QED) is 0.855. The Labute approximate surface area is 119 Å². The van der Waals surface area contributed by atoms with Gasteiger partial charge in [0.25, 0.3) is 0 Å². The fourth-order valence-electron chi connectivity index (χ4n) is 2.18. The van der Waals surface area contributed by atoms with E-state index < -0.39 is 5.97 Å². The number of benzene rings is 2. The molecule has 3 nitrogen and oxygen atoms in total. The molecule has 2 aromatic rings. The normalized spacial score (nSPS) is 12.2. The van der Waals surface area contributed by atoms with E-state index in [1.54, 1.807) is 12.1 Å². The average molecular weight is 269 g/mol. The SMILES string of the molecule is CC(C)C(Nc1ccc(C(=O)O)cc1)c1ccccc1. The van der Waals surface area contributed by atoms with Crippen molar-refractivity contribution in [3.63, 3.8) is 0 Å². The van der Waals surface area contributed by atoms with Gasteiger partial charge in [0.15, 0.2) is 0 Å². The molecule has 2 aromatic carbocycles. The third-order valence-corrected chi connectivity index (χ3v) is 3.28. The molecule has 104 valence electrons. The smallest absolute Gasteiger partial charge is 0.335 e. The van der Waals surface area contributed by atoms with Gasteiger partial charge in [0.05, 0.1) is 11.6 Å². The maximum absolute atomic E-state index is 10.8. The molecule has 2 rings (SSSR count). The summed E-state index contributed by atoms with van der Waals surface area (Å²) in [6.45, 7) is 4.33. The van der Waals surface area contributed by atoms with Crippen molar-refractivity contribution in [1.82, 2.24) is 0 Å². The number of hydrogen-bond donors (Lipinski definition) is 2. The van der Waals surface area contributed by atoms with E-state index in [1.165, 1.54) is 5.56 Å². The Hall–Kier alpha value is -2.29. The van der Waals surface area contributed by atoms with Gasteiger partial charge >= 0.3 is 5.97 Å². The predicted octanol–water partition coefficient (Wildman–Crippen LogP) is 4.19. The molecule has 0 saturated carbocycles. The number of nitrogens with one attached hydrogen (secondary N) is 1. The summed E-state index contributed by atoms with van der Waals surface area (Å²) in [6.07, 6.45) is 0. The van der Waals surface area contributed by atoms with E-state index >= 15 is 0 Å². The Balaban J connectivity index is 2.19. The molecule has 3 heteroatoms. The van der Waals surface area contributed by atoms with Crippen molar-refractivity contribution in [2.45, 2.75) is 19.9 Å². The van der Waals surface area contributed by atoms with Gasteiger partial charge in [-0.25, -0.2) is 4.79 Å². The minimum absolute atomic E-state index is 0.201. The van der Waals surface area contributed by atoms with Gasteiger partial charge in [0, 0.05) is 5.69 Å². The zero-order valence-electron chi connectivity index (χ0n) is 11.7. The summed E-state index contributed by atoms with van der Waals surface area (Å²) in [5, 5.41) is 12.4. The first-order valence-electron chi connectivity index (χ1n) is 6.73. The number of aromatic carboxylic acids is 1. The molecule has 1 atom stereocenters. The van der Waals surface area contributed by atoms with Gasteiger partial charge in [-0.2, -0.15) is 0 Å². The number of carboxylic acids is 1. The van der Waals surface area contributed by atoms with Crippen molar-refractivity contribution in [1.29, 1.82) is 0 Å². The van der Waals surface area contributed by atoms with Gasteiger partial charge in [-0.05, 0) is 35.7 Å². The van der Waals surface area contributed by atoms with Crippen LogP contribution in [0, 0.1) is 5.92 Å². The van der Waals surface area contributed by atoms with Crippen LogP contribution in [-0.2, 0) is 0 Å². The summed E-state index contributed by atoms with van der Waals surface area (Å²) >= 11 is 0. The van der Waals surface area contributed by atoms with Crippen LogP contribution in [0.2, 0.25) is 0 Å². The largest absolute Gasteiger partial charge is 0.478 e. The molecule has 0 bridgehead atoms. The minimum Gasteiger partial charge on any atom is -0.478 e. The summed E-state index contributed by atoms with van der Waals surface area (Å²) in [4.78, 5) is 10.8. The maximum Gasteiger partial charge on any atom is 0.335 e. The molecule has 2 N–H and O–H groups in total. The van der Waals surface area contributed by atoms with E-state index in [2.05, 4.69) is 31.3 Å². The van der Waals surface area contributed by atoms with Crippen molar-refractivity contribution >= 4 is 11.7 Å². The maximum atomic E-state index is 10.8. The summed E-state index contributed by atoms with van der Waals surface area (Å²) in [7, 11) is 0. The van der Waals surface area contributed by atoms with E-state index in [-0.39, 0.29) is 6.04 Å². The molecule has 0 radical (unpaired) electrons. The zero-order chi connectivity index (χ0) is 14.5. The number of rotatable bonds is 5. The fourth-order valence-corrected chi connectivity index (χ4v) is 2.18. The second-order valence-corrected chi connectivity index (χ2v) is 5.16. The van der Waals surface area contributed by atoms with Crippen LogP contribution in [0.3, 0.4) is 0 Å². The number of carbonyl (C=O) groups is 1. The predicted molar refractivity (Wildman–Crippen MR) is 81.0 cm³/mol. The van der Waals surface area contributed by atoms with Crippen molar-refractivity contribution in [2.24, 2.45) is 5.92 Å². The Morgan fingerprint density at radius 1 is 1.00 bits per heavy atom. The van der Waals surface area contributed by atoms with Gasteiger partial charge in [-0.3, -0.25) is 0 Å². The second-order valence-electron chi connectivity index (χ2n) is 5.16. The summed E-state index contributed by atoms with van der Waals surface area (Å²) in [5.74, 6) is -0.475. The van der Waals surface area contributed by atoms with Crippen molar-refractivity contribution < 1.29 is 9.90 Å². The van der Waals surface area contributed by atoms with Crippen molar-refractivity contribution in [3.05, 3.63) is 65.7 Å². The van der Waals surface area contributed by atoms with Crippen LogP contribution in [-0.4, -0.2) is 11.1 Å². The van der Waals surface area contributed by atoms with Crippen LogP contribution in [0.5, 0.6) is 0 Å². The molecule has 0 heterocycles. The third kappa shape index (κ3) is 3.38. The van der Waals surface area contributed by atoms with Crippen LogP contribution < -0.4 is 5.32 Å². The van der Waals surface area contributed by atoms with E-state index in [9.17, 15) is 4.79 Å². The van der Waals surface area contributed by atoms with E-state index in [4.69, 9.17) is 5.11 Å². The van der Waals surface area contributed by atoms with Gasteiger partial charge in [-0.1, -0.05) is 44.2 Å². The Kier molecular flexibility index (Phi) is 4.41. The van der Waals surface area contributed by atoms with Crippen LogP contribution >= 0.6 is 0 Å². The Bertz CT molecular complexity index is 561. The van der Waals surface area contributed by atoms with Crippen molar-refractivity contribution in [3.8, 4) is 0 Å². The first kappa shape index (κ1) is 14.1. The van der Waals surface area contributed by atoms with Crippen LogP contribution in [0.15, 0.2) is 54.6 Å². The van der Waals surface area contributed by atoms with Gasteiger partial charge in [0.1, 0.15) is 0 Å². The first-order chi connectivity index (χ1) is 9.58. The highest BCUT2D eigenvalue weighted by Crippen LogP contribution is 2.26. The second kappa shape index (κ2) is 6.24. The zero-order valence-corrected chi connectivity index (χ0v) is 11.7. The molecule has 0 aromatic heterocycles. The highest BCUT2D eigenvalue weighted by Gasteiger charge is 2.15. The van der Waals surface area contributed by atoms with E-state index in [1.807, 2.05) is 30.3 Å². The average Bonchev–Trinajstić information content (AvgIpc) is 2.46. The first-order valence-corrected chi connectivity index (χ1v) is 6.73. The lowest BCUT2D eigenvalue weighted by Gasteiger charge is -2.24. The molecule has 0 saturated heterocycles. The lowest BCUT2D eigenvalue weighted by atomic mass is 9.95. The summed E-state index contributed by atoms with van der Waals surface area (Å²) < 4.78 is 0. The molecular weight excluding hydrogens is 250 g/mol. The van der Waals surface area contributed by atoms with E-state index in [0.717, 1.165) is 5.69 Å². The molecular formula is C17H19NO2. The molecule has 20 heavy (non-hydrogen) atoms. The number of anilines is 1. The highest BCUT2D eigenvalue weighted by molar-refractivity contribution is 5.88.